The van der Waals surface area contributed by atoms with Gasteiger partial charge in [-0.05, 0) is 43.7 Å². The molecule has 1 aromatic carbocycles. The van der Waals surface area contributed by atoms with Crippen LogP contribution in [0.1, 0.15) is 49.8 Å². The van der Waals surface area contributed by atoms with Crippen molar-refractivity contribution >= 4 is 0 Å². The lowest BCUT2D eigenvalue weighted by Crippen LogP contribution is -2.57. The molecule has 2 nitrogen and oxygen atoms in total. The van der Waals surface area contributed by atoms with Gasteiger partial charge >= 0.3 is 0 Å². The summed E-state index contributed by atoms with van der Waals surface area (Å²) in [5.41, 5.74) is 4.20. The third kappa shape index (κ3) is 2.02. The molecule has 1 spiro atoms. The van der Waals surface area contributed by atoms with Gasteiger partial charge in [-0.1, -0.05) is 37.6 Å². The molecule has 1 atom stereocenters. The number of hydrogen-bond donors (Lipinski definition) is 1. The molecule has 1 N–H and O–H groups in total. The Balaban J connectivity index is 2.00. The van der Waals surface area contributed by atoms with Crippen LogP contribution in [-0.4, -0.2) is 18.7 Å². The summed E-state index contributed by atoms with van der Waals surface area (Å²) >= 11 is 0. The molecule has 0 radical (unpaired) electrons. The lowest BCUT2D eigenvalue weighted by atomic mass is 9.87. The highest BCUT2D eigenvalue weighted by molar-refractivity contribution is 5.41. The number of fused-ring (bicyclic) bond motifs is 2. The molecule has 0 bridgehead atoms. The van der Waals surface area contributed by atoms with Crippen molar-refractivity contribution in [3.8, 4) is 0 Å². The van der Waals surface area contributed by atoms with E-state index in [4.69, 9.17) is 4.74 Å². The Morgan fingerprint density at radius 3 is 2.74 bits per heavy atom. The Hall–Kier alpha value is -0.860. The number of rotatable bonds is 2. The van der Waals surface area contributed by atoms with Crippen LogP contribution in [0.5, 0.6) is 0 Å². The van der Waals surface area contributed by atoms with Gasteiger partial charge in [0, 0.05) is 13.1 Å². The van der Waals surface area contributed by atoms with Crippen molar-refractivity contribution in [1.29, 1.82) is 0 Å². The van der Waals surface area contributed by atoms with E-state index in [1.165, 1.54) is 16.7 Å². The number of morpholine rings is 1. The first-order valence-electron chi connectivity index (χ1n) is 7.64. The maximum atomic E-state index is 6.74. The van der Waals surface area contributed by atoms with Gasteiger partial charge in [0.05, 0.1) is 5.60 Å². The van der Waals surface area contributed by atoms with E-state index >= 15 is 0 Å². The third-order valence-electron chi connectivity index (χ3n) is 5.11. The first kappa shape index (κ1) is 13.1. The van der Waals surface area contributed by atoms with Gasteiger partial charge in [0.15, 0.2) is 0 Å². The van der Waals surface area contributed by atoms with Crippen LogP contribution in [0.4, 0.5) is 0 Å². The first-order valence-corrected chi connectivity index (χ1v) is 7.64. The maximum Gasteiger partial charge on any atom is 0.107 e. The second-order valence-corrected chi connectivity index (χ2v) is 6.25. The van der Waals surface area contributed by atoms with Crippen LogP contribution in [-0.2, 0) is 16.8 Å². The van der Waals surface area contributed by atoms with Crippen LogP contribution < -0.4 is 5.32 Å². The van der Waals surface area contributed by atoms with Gasteiger partial charge in [0.1, 0.15) is 5.60 Å². The molecule has 3 rings (SSSR count). The summed E-state index contributed by atoms with van der Waals surface area (Å²) in [6, 6.07) is 6.85. The van der Waals surface area contributed by atoms with Crippen molar-refractivity contribution < 1.29 is 4.74 Å². The zero-order chi connectivity index (χ0) is 13.5. The summed E-state index contributed by atoms with van der Waals surface area (Å²) in [6.07, 6.45) is 4.44. The van der Waals surface area contributed by atoms with E-state index in [9.17, 15) is 0 Å². The summed E-state index contributed by atoms with van der Waals surface area (Å²) < 4.78 is 6.74. The predicted molar refractivity (Wildman–Crippen MR) is 78.4 cm³/mol. The van der Waals surface area contributed by atoms with Crippen molar-refractivity contribution in [2.75, 3.05) is 13.1 Å². The topological polar surface area (TPSA) is 21.3 Å². The summed E-state index contributed by atoms with van der Waals surface area (Å²) in [6.45, 7) is 8.62. The molecule has 0 aromatic heterocycles. The second-order valence-electron chi connectivity index (χ2n) is 6.25. The summed E-state index contributed by atoms with van der Waals surface area (Å²) in [4.78, 5) is 0. The van der Waals surface area contributed by atoms with Crippen LogP contribution in [0, 0.1) is 6.92 Å². The van der Waals surface area contributed by atoms with Crippen LogP contribution in [0.2, 0.25) is 0 Å². The first-order chi connectivity index (χ1) is 9.13. The number of nitrogens with one attached hydrogen (secondary N) is 1. The lowest BCUT2D eigenvalue weighted by molar-refractivity contribution is -0.186. The minimum Gasteiger partial charge on any atom is -0.361 e. The Morgan fingerprint density at radius 2 is 2.00 bits per heavy atom. The van der Waals surface area contributed by atoms with E-state index in [0.717, 1.165) is 38.8 Å². The van der Waals surface area contributed by atoms with E-state index in [1.54, 1.807) is 0 Å². The molecular formula is C17H25NO. The van der Waals surface area contributed by atoms with Crippen LogP contribution in [0.25, 0.3) is 0 Å². The molecule has 2 aliphatic rings. The Labute approximate surface area is 116 Å². The zero-order valence-electron chi connectivity index (χ0n) is 12.4. The van der Waals surface area contributed by atoms with Crippen molar-refractivity contribution in [3.63, 3.8) is 0 Å². The molecule has 1 aromatic rings. The average Bonchev–Trinajstić information content (AvgIpc) is 2.77. The fraction of sp³-hybridized carbons (Fsp3) is 0.647. The predicted octanol–water partition coefficient (Wildman–Crippen LogP) is 3.32. The van der Waals surface area contributed by atoms with Gasteiger partial charge in [-0.3, -0.25) is 0 Å². The fourth-order valence-corrected chi connectivity index (χ4v) is 3.72. The van der Waals surface area contributed by atoms with E-state index in [2.05, 4.69) is 44.3 Å². The molecule has 1 aliphatic heterocycles. The molecule has 2 heteroatoms. The van der Waals surface area contributed by atoms with Gasteiger partial charge in [0.25, 0.3) is 0 Å². The molecule has 1 fully saturated rings. The molecule has 1 unspecified atom stereocenters. The van der Waals surface area contributed by atoms with Crippen molar-refractivity contribution in [3.05, 3.63) is 34.9 Å². The number of aryl methyl sites for hydroxylation is 2. The summed E-state index contributed by atoms with van der Waals surface area (Å²) in [7, 11) is 0. The van der Waals surface area contributed by atoms with E-state index < -0.39 is 0 Å². The molecule has 0 amide bonds. The standard InChI is InChI=1S/C17H25NO/c1-4-16(5-2)11-18-12-17(19-16)9-8-14-7-6-13(3)10-15(14)17/h6-7,10,18H,4-5,8-9,11-12H2,1-3H3. The monoisotopic (exact) mass is 259 g/mol. The molecule has 1 saturated heterocycles. The zero-order valence-corrected chi connectivity index (χ0v) is 12.4. The van der Waals surface area contributed by atoms with E-state index in [-0.39, 0.29) is 11.2 Å². The van der Waals surface area contributed by atoms with Gasteiger partial charge < -0.3 is 10.1 Å². The molecule has 104 valence electrons. The van der Waals surface area contributed by atoms with Crippen molar-refractivity contribution in [2.45, 2.75) is 57.7 Å². The highest BCUT2D eigenvalue weighted by Gasteiger charge is 2.48. The maximum absolute atomic E-state index is 6.74. The van der Waals surface area contributed by atoms with Crippen LogP contribution in [0.15, 0.2) is 18.2 Å². The largest absolute Gasteiger partial charge is 0.361 e. The van der Waals surface area contributed by atoms with Crippen molar-refractivity contribution in [2.24, 2.45) is 0 Å². The van der Waals surface area contributed by atoms with Gasteiger partial charge in [-0.25, -0.2) is 0 Å². The molecular weight excluding hydrogens is 234 g/mol. The van der Waals surface area contributed by atoms with Gasteiger partial charge in [-0.15, -0.1) is 0 Å². The molecule has 0 saturated carbocycles. The quantitative estimate of drug-likeness (QED) is 0.879. The van der Waals surface area contributed by atoms with E-state index in [1.807, 2.05) is 0 Å². The highest BCUT2D eigenvalue weighted by Crippen LogP contribution is 2.45. The minimum absolute atomic E-state index is 0.0175. The van der Waals surface area contributed by atoms with Gasteiger partial charge in [0.2, 0.25) is 0 Å². The highest BCUT2D eigenvalue weighted by atomic mass is 16.5. The number of benzene rings is 1. The third-order valence-corrected chi connectivity index (χ3v) is 5.11. The second kappa shape index (κ2) is 4.60. The molecule has 1 heterocycles. The van der Waals surface area contributed by atoms with E-state index in [0.29, 0.717) is 0 Å². The van der Waals surface area contributed by atoms with Crippen LogP contribution >= 0.6 is 0 Å². The fourth-order valence-electron chi connectivity index (χ4n) is 3.72. The van der Waals surface area contributed by atoms with Gasteiger partial charge in [-0.2, -0.15) is 0 Å². The smallest absolute Gasteiger partial charge is 0.107 e. The van der Waals surface area contributed by atoms with Crippen molar-refractivity contribution in [1.82, 2.24) is 5.32 Å². The molecule has 19 heavy (non-hydrogen) atoms. The molecule has 1 aliphatic carbocycles. The summed E-state index contributed by atoms with van der Waals surface area (Å²) in [5, 5.41) is 3.65. The lowest BCUT2D eigenvalue weighted by Gasteiger charge is -2.47. The summed E-state index contributed by atoms with van der Waals surface area (Å²) in [5.74, 6) is 0. The Kier molecular flexibility index (Phi) is 3.18. The SMILES string of the molecule is CCC1(CC)CNCC2(CCc3ccc(C)cc32)O1. The minimum atomic E-state index is -0.0778. The Bertz CT molecular complexity index is 474. The average molecular weight is 259 g/mol. The van der Waals surface area contributed by atoms with Crippen LogP contribution in [0.3, 0.4) is 0 Å². The normalized spacial score (nSPS) is 28.6. The Morgan fingerprint density at radius 1 is 1.21 bits per heavy atom. The number of hydrogen-bond acceptors (Lipinski definition) is 2. The number of ether oxygens (including phenoxy) is 1.